The molecule has 2 N–H and O–H groups in total. The first kappa shape index (κ1) is 15.1. The van der Waals surface area contributed by atoms with Crippen LogP contribution in [0.3, 0.4) is 0 Å². The summed E-state index contributed by atoms with van der Waals surface area (Å²) in [5.74, 6) is 0. The monoisotopic (exact) mass is 324 g/mol. The second-order valence-electron chi connectivity index (χ2n) is 5.91. The normalized spacial score (nSPS) is 24.1. The number of nitrogens with zero attached hydrogens (tertiary/aromatic N) is 1. The quantitative estimate of drug-likeness (QED) is 0.829. The minimum absolute atomic E-state index is 0.140. The van der Waals surface area contributed by atoms with E-state index in [2.05, 4.69) is 28.5 Å². The molecule has 0 bridgehead atoms. The molecule has 5 heteroatoms. The lowest BCUT2D eigenvalue weighted by Crippen LogP contribution is -2.36. The highest BCUT2D eigenvalue weighted by atomic mass is 35.5. The van der Waals surface area contributed by atoms with Gasteiger partial charge in [-0.1, -0.05) is 30.2 Å². The molecule has 3 rings (SSSR count). The van der Waals surface area contributed by atoms with Gasteiger partial charge in [-0.3, -0.25) is 0 Å². The van der Waals surface area contributed by atoms with Gasteiger partial charge in [-0.15, -0.1) is 11.6 Å². The van der Waals surface area contributed by atoms with Crippen LogP contribution >= 0.6 is 22.9 Å². The van der Waals surface area contributed by atoms with E-state index < -0.39 is 0 Å². The van der Waals surface area contributed by atoms with Gasteiger partial charge in [0, 0.05) is 5.38 Å². The van der Waals surface area contributed by atoms with Crippen LogP contribution < -0.4 is 5.32 Å². The number of hydrogen-bond acceptors (Lipinski definition) is 4. The molecule has 1 aliphatic rings. The first-order valence-electron chi connectivity index (χ1n) is 7.60. The average Bonchev–Trinajstić information content (AvgIpc) is 2.82. The van der Waals surface area contributed by atoms with Crippen LogP contribution in [0.15, 0.2) is 18.2 Å². The Morgan fingerprint density at radius 1 is 1.43 bits per heavy atom. The predicted molar refractivity (Wildman–Crippen MR) is 90.5 cm³/mol. The zero-order chi connectivity index (χ0) is 14.8. The molecular formula is C16H21ClN2OS. The molecule has 114 valence electrons. The molecule has 3 nitrogen and oxygen atoms in total. The average molecular weight is 325 g/mol. The summed E-state index contributed by atoms with van der Waals surface area (Å²) in [7, 11) is 0. The first-order valence-corrected chi connectivity index (χ1v) is 8.85. The number of rotatable bonds is 4. The van der Waals surface area contributed by atoms with Crippen molar-refractivity contribution in [1.29, 1.82) is 0 Å². The molecule has 21 heavy (non-hydrogen) atoms. The number of thiazole rings is 1. The van der Waals surface area contributed by atoms with E-state index in [4.69, 9.17) is 11.6 Å². The number of benzene rings is 1. The summed E-state index contributed by atoms with van der Waals surface area (Å²) in [6, 6.07) is 6.47. The Balaban J connectivity index is 1.77. The fourth-order valence-corrected chi connectivity index (χ4v) is 4.09. The van der Waals surface area contributed by atoms with E-state index in [0.717, 1.165) is 36.3 Å². The van der Waals surface area contributed by atoms with Crippen LogP contribution in [0.2, 0.25) is 0 Å². The van der Waals surface area contributed by atoms with Crippen molar-refractivity contribution in [3.63, 3.8) is 0 Å². The van der Waals surface area contributed by atoms with Crippen LogP contribution in [-0.2, 0) is 6.42 Å². The van der Waals surface area contributed by atoms with Crippen molar-refractivity contribution in [3.05, 3.63) is 23.8 Å². The third-order valence-electron chi connectivity index (χ3n) is 4.01. The lowest BCUT2D eigenvalue weighted by atomic mass is 9.93. The molecule has 0 aliphatic heterocycles. The van der Waals surface area contributed by atoms with Crippen molar-refractivity contribution in [2.24, 2.45) is 0 Å². The fraction of sp³-hybridized carbons (Fsp3) is 0.562. The summed E-state index contributed by atoms with van der Waals surface area (Å²) >= 11 is 7.72. The van der Waals surface area contributed by atoms with Gasteiger partial charge < -0.3 is 10.4 Å². The van der Waals surface area contributed by atoms with E-state index in [-0.39, 0.29) is 17.5 Å². The van der Waals surface area contributed by atoms with Crippen molar-refractivity contribution in [1.82, 2.24) is 4.98 Å². The second-order valence-corrected chi connectivity index (χ2v) is 7.68. The molecule has 0 spiro atoms. The van der Waals surface area contributed by atoms with Crippen LogP contribution in [0.4, 0.5) is 5.13 Å². The number of hydrogen-bond donors (Lipinski definition) is 2. The van der Waals surface area contributed by atoms with E-state index in [9.17, 15) is 5.11 Å². The summed E-state index contributed by atoms with van der Waals surface area (Å²) in [6.07, 6.45) is 4.83. The van der Waals surface area contributed by atoms with Crippen molar-refractivity contribution >= 4 is 38.3 Å². The molecule has 1 fully saturated rings. The Morgan fingerprint density at radius 2 is 2.24 bits per heavy atom. The summed E-state index contributed by atoms with van der Waals surface area (Å²) in [5, 5.41) is 14.5. The Morgan fingerprint density at radius 3 is 3.00 bits per heavy atom. The zero-order valence-electron chi connectivity index (χ0n) is 12.2. The number of aliphatic hydroxyl groups is 1. The minimum atomic E-state index is -0.251. The highest BCUT2D eigenvalue weighted by Gasteiger charge is 2.23. The molecular weight excluding hydrogens is 304 g/mol. The molecule has 1 aromatic heterocycles. The molecule has 3 atom stereocenters. The second kappa shape index (κ2) is 6.51. The molecule has 1 unspecified atom stereocenters. The third-order valence-corrected chi connectivity index (χ3v) is 5.11. The predicted octanol–water partition coefficient (Wildman–Crippen LogP) is 4.18. The number of nitrogens with one attached hydrogen (secondary N) is 1. The molecule has 0 saturated heterocycles. The van der Waals surface area contributed by atoms with E-state index in [1.165, 1.54) is 16.7 Å². The smallest absolute Gasteiger partial charge is 0.184 e. The van der Waals surface area contributed by atoms with Crippen LogP contribution in [0, 0.1) is 0 Å². The van der Waals surface area contributed by atoms with Crippen LogP contribution in [0.1, 0.15) is 38.2 Å². The standard InChI is InChI=1S/C16H21ClN2OS/c1-10(17)8-11-6-7-13-15(9-11)21-16(19-13)18-12-4-2-3-5-14(12)20/h6-7,9-10,12,14,20H,2-5,8H2,1H3,(H,18,19)/t10?,12-,14-/m1/s1. The van der Waals surface area contributed by atoms with Gasteiger partial charge in [0.1, 0.15) is 0 Å². The lowest BCUT2D eigenvalue weighted by Gasteiger charge is -2.27. The Hall–Kier alpha value is -0.840. The summed E-state index contributed by atoms with van der Waals surface area (Å²) in [5.41, 5.74) is 2.26. The minimum Gasteiger partial charge on any atom is -0.391 e. The Labute approximate surface area is 134 Å². The van der Waals surface area contributed by atoms with Gasteiger partial charge in [0.25, 0.3) is 0 Å². The van der Waals surface area contributed by atoms with Crippen molar-refractivity contribution in [2.45, 2.75) is 56.6 Å². The van der Waals surface area contributed by atoms with Gasteiger partial charge in [0.05, 0.1) is 22.4 Å². The van der Waals surface area contributed by atoms with Gasteiger partial charge >= 0.3 is 0 Å². The van der Waals surface area contributed by atoms with Gasteiger partial charge in [0.15, 0.2) is 5.13 Å². The molecule has 2 aromatic rings. The number of anilines is 1. The van der Waals surface area contributed by atoms with E-state index in [1.54, 1.807) is 11.3 Å². The van der Waals surface area contributed by atoms with Gasteiger partial charge in [-0.25, -0.2) is 4.98 Å². The molecule has 1 heterocycles. The number of aromatic nitrogens is 1. The highest BCUT2D eigenvalue weighted by Crippen LogP contribution is 2.30. The number of aliphatic hydroxyl groups excluding tert-OH is 1. The van der Waals surface area contributed by atoms with Gasteiger partial charge in [-0.05, 0) is 43.9 Å². The SMILES string of the molecule is CC(Cl)Cc1ccc2nc(N[C@@H]3CCCC[C@H]3O)sc2c1. The van der Waals surface area contributed by atoms with Crippen LogP contribution in [-0.4, -0.2) is 27.6 Å². The topological polar surface area (TPSA) is 45.2 Å². The highest BCUT2D eigenvalue weighted by molar-refractivity contribution is 7.22. The number of fused-ring (bicyclic) bond motifs is 1. The summed E-state index contributed by atoms with van der Waals surface area (Å²) in [6.45, 7) is 2.01. The number of alkyl halides is 1. The molecule has 1 aliphatic carbocycles. The van der Waals surface area contributed by atoms with Gasteiger partial charge in [-0.2, -0.15) is 0 Å². The summed E-state index contributed by atoms with van der Waals surface area (Å²) in [4.78, 5) is 4.62. The third kappa shape index (κ3) is 3.68. The molecule has 1 saturated carbocycles. The molecule has 0 amide bonds. The van der Waals surface area contributed by atoms with E-state index in [0.29, 0.717) is 0 Å². The van der Waals surface area contributed by atoms with E-state index >= 15 is 0 Å². The zero-order valence-corrected chi connectivity index (χ0v) is 13.8. The largest absolute Gasteiger partial charge is 0.391 e. The van der Waals surface area contributed by atoms with Gasteiger partial charge in [0.2, 0.25) is 0 Å². The van der Waals surface area contributed by atoms with E-state index in [1.807, 2.05) is 6.92 Å². The molecule has 0 radical (unpaired) electrons. The Bertz CT molecular complexity index is 613. The van der Waals surface area contributed by atoms with Crippen molar-refractivity contribution in [2.75, 3.05) is 5.32 Å². The van der Waals surface area contributed by atoms with Crippen LogP contribution in [0.5, 0.6) is 0 Å². The molecule has 1 aromatic carbocycles. The van der Waals surface area contributed by atoms with Crippen LogP contribution in [0.25, 0.3) is 10.2 Å². The maximum Gasteiger partial charge on any atom is 0.184 e. The first-order chi connectivity index (χ1) is 10.1. The lowest BCUT2D eigenvalue weighted by molar-refractivity contribution is 0.116. The Kier molecular flexibility index (Phi) is 4.67. The fourth-order valence-electron chi connectivity index (χ4n) is 2.92. The van der Waals surface area contributed by atoms with Crippen molar-refractivity contribution in [3.8, 4) is 0 Å². The maximum absolute atomic E-state index is 10.0. The maximum atomic E-state index is 10.0. The van der Waals surface area contributed by atoms with Crippen molar-refractivity contribution < 1.29 is 5.11 Å². The number of halogens is 1. The summed E-state index contributed by atoms with van der Waals surface area (Å²) < 4.78 is 1.18.